The van der Waals surface area contributed by atoms with Crippen molar-refractivity contribution in [3.8, 4) is 11.3 Å². The van der Waals surface area contributed by atoms with Gasteiger partial charge in [0.15, 0.2) is 0 Å². The van der Waals surface area contributed by atoms with Crippen LogP contribution in [0.25, 0.3) is 16.9 Å². The van der Waals surface area contributed by atoms with E-state index in [9.17, 15) is 0 Å². The van der Waals surface area contributed by atoms with Crippen LogP contribution in [0.2, 0.25) is 0 Å². The maximum Gasteiger partial charge on any atom is 0.138 e. The van der Waals surface area contributed by atoms with Crippen LogP contribution >= 0.6 is 0 Å². The number of imidazole rings is 1. The van der Waals surface area contributed by atoms with Crippen molar-refractivity contribution in [3.05, 3.63) is 58.4 Å². The number of aromatic nitrogens is 2. The Hall–Kier alpha value is -2.09. The summed E-state index contributed by atoms with van der Waals surface area (Å²) >= 11 is 0. The summed E-state index contributed by atoms with van der Waals surface area (Å²) in [6, 6.07) is 11.1. The van der Waals surface area contributed by atoms with Gasteiger partial charge in [0.05, 0.1) is 11.4 Å². The molecule has 0 unspecified atom stereocenters. The molecule has 0 bridgehead atoms. The average molecular weight is 248 g/mol. The quantitative estimate of drug-likeness (QED) is 0.462. The van der Waals surface area contributed by atoms with Crippen LogP contribution in [0.3, 0.4) is 0 Å². The summed E-state index contributed by atoms with van der Waals surface area (Å²) in [6.45, 7) is 6.44. The van der Waals surface area contributed by atoms with Crippen LogP contribution in [0, 0.1) is 20.8 Å². The molecule has 1 aromatic carbocycles. The first-order valence-corrected chi connectivity index (χ1v) is 6.72. The maximum absolute atomic E-state index is 4.82. The summed E-state index contributed by atoms with van der Waals surface area (Å²) in [4.78, 5) is 4.82. The first-order valence-electron chi connectivity index (χ1n) is 6.72. The van der Waals surface area contributed by atoms with E-state index < -0.39 is 0 Å². The molecule has 0 aliphatic heterocycles. The predicted molar refractivity (Wildman–Crippen MR) is 77.6 cm³/mol. The Kier molecular flexibility index (Phi) is 1.97. The molecule has 94 valence electrons. The largest absolute Gasteiger partial charge is 0.297 e. The second-order valence-electron chi connectivity index (χ2n) is 5.61. The van der Waals surface area contributed by atoms with E-state index in [0.717, 1.165) is 12.1 Å². The minimum absolute atomic E-state index is 0.963. The summed E-state index contributed by atoms with van der Waals surface area (Å²) in [5.74, 6) is 0. The third kappa shape index (κ3) is 1.40. The van der Waals surface area contributed by atoms with E-state index in [1.165, 1.54) is 39.3 Å². The molecule has 2 nitrogen and oxygen atoms in total. The second kappa shape index (κ2) is 3.47. The van der Waals surface area contributed by atoms with E-state index in [-0.39, 0.29) is 0 Å². The lowest BCUT2D eigenvalue weighted by atomic mass is 10.1. The number of benzene rings is 1. The smallest absolute Gasteiger partial charge is 0.138 e. The Bertz CT molecular complexity index is 825. The number of rotatable bonds is 0. The number of nitrogens with zero attached hydrogens (tertiary/aromatic N) is 2. The lowest BCUT2D eigenvalue weighted by molar-refractivity contribution is 1.08. The zero-order valence-corrected chi connectivity index (χ0v) is 11.5. The highest BCUT2D eigenvalue weighted by atomic mass is 15.0. The molecular formula is C17H16N2. The second-order valence-corrected chi connectivity index (χ2v) is 5.61. The van der Waals surface area contributed by atoms with E-state index in [0.29, 0.717) is 0 Å². The molecule has 0 N–H and O–H groups in total. The number of hydrogen-bond acceptors (Lipinski definition) is 1. The van der Waals surface area contributed by atoms with Gasteiger partial charge in [-0.3, -0.25) is 4.40 Å². The number of hydrogen-bond donors (Lipinski definition) is 0. The van der Waals surface area contributed by atoms with Crippen LogP contribution in [-0.2, 0) is 6.42 Å². The molecule has 0 atom stereocenters. The third-order valence-electron chi connectivity index (χ3n) is 4.00. The van der Waals surface area contributed by atoms with Gasteiger partial charge in [-0.2, -0.15) is 0 Å². The van der Waals surface area contributed by atoms with Crippen molar-refractivity contribution in [1.82, 2.24) is 9.38 Å². The SMILES string of the molecule is Cc1ccc2c(c1)-c1c(nc3cc(C)cc(C)n13)C2. The van der Waals surface area contributed by atoms with Crippen molar-refractivity contribution < 1.29 is 0 Å². The molecule has 3 aromatic rings. The summed E-state index contributed by atoms with van der Waals surface area (Å²) in [5, 5.41) is 0. The molecule has 0 amide bonds. The summed E-state index contributed by atoms with van der Waals surface area (Å²) in [7, 11) is 0. The van der Waals surface area contributed by atoms with Crippen LogP contribution in [0.1, 0.15) is 28.1 Å². The van der Waals surface area contributed by atoms with E-state index in [1.54, 1.807) is 0 Å². The van der Waals surface area contributed by atoms with Gasteiger partial charge < -0.3 is 0 Å². The third-order valence-corrected chi connectivity index (χ3v) is 4.00. The normalized spacial score (nSPS) is 12.8. The Morgan fingerprint density at radius 2 is 1.84 bits per heavy atom. The van der Waals surface area contributed by atoms with Gasteiger partial charge in [-0.05, 0) is 50.1 Å². The summed E-state index contributed by atoms with van der Waals surface area (Å²) < 4.78 is 2.30. The van der Waals surface area contributed by atoms with Crippen LogP contribution in [0.15, 0.2) is 30.3 Å². The first-order chi connectivity index (χ1) is 9.13. The Morgan fingerprint density at radius 3 is 2.68 bits per heavy atom. The fraction of sp³-hybridized carbons (Fsp3) is 0.235. The zero-order chi connectivity index (χ0) is 13.1. The Labute approximate surface area is 112 Å². The lowest BCUT2D eigenvalue weighted by Gasteiger charge is -2.07. The highest BCUT2D eigenvalue weighted by molar-refractivity contribution is 5.77. The predicted octanol–water partition coefficient (Wildman–Crippen LogP) is 3.83. The lowest BCUT2D eigenvalue weighted by Crippen LogP contribution is -1.95. The topological polar surface area (TPSA) is 17.3 Å². The molecule has 0 radical (unpaired) electrons. The van der Waals surface area contributed by atoms with E-state index in [2.05, 4.69) is 55.5 Å². The summed E-state index contributed by atoms with van der Waals surface area (Å²) in [5.41, 5.74) is 10.2. The molecule has 0 spiro atoms. The number of fused-ring (bicyclic) bond motifs is 5. The van der Waals surface area contributed by atoms with Crippen LogP contribution in [-0.4, -0.2) is 9.38 Å². The van der Waals surface area contributed by atoms with Gasteiger partial charge in [0.2, 0.25) is 0 Å². The van der Waals surface area contributed by atoms with Crippen molar-refractivity contribution in [3.63, 3.8) is 0 Å². The van der Waals surface area contributed by atoms with Crippen molar-refractivity contribution in [2.75, 3.05) is 0 Å². The molecule has 0 fully saturated rings. The molecule has 4 rings (SSSR count). The minimum Gasteiger partial charge on any atom is -0.297 e. The van der Waals surface area contributed by atoms with Crippen molar-refractivity contribution >= 4 is 5.65 Å². The molecule has 2 heterocycles. The molecule has 2 aromatic heterocycles. The number of aryl methyl sites for hydroxylation is 3. The molecule has 0 saturated heterocycles. The molecular weight excluding hydrogens is 232 g/mol. The van der Waals surface area contributed by atoms with E-state index in [4.69, 9.17) is 4.98 Å². The van der Waals surface area contributed by atoms with Crippen LogP contribution in [0.5, 0.6) is 0 Å². The highest BCUT2D eigenvalue weighted by Crippen LogP contribution is 2.38. The van der Waals surface area contributed by atoms with E-state index >= 15 is 0 Å². The molecule has 2 heteroatoms. The van der Waals surface area contributed by atoms with Crippen molar-refractivity contribution in [1.29, 1.82) is 0 Å². The standard InChI is InChI=1S/C17H16N2/c1-10-4-5-13-9-15-17(14(13)7-10)19-12(3)6-11(2)8-16(19)18-15/h4-8H,9H2,1-3H3. The highest BCUT2D eigenvalue weighted by Gasteiger charge is 2.24. The van der Waals surface area contributed by atoms with E-state index in [1.807, 2.05) is 0 Å². The number of pyridine rings is 1. The van der Waals surface area contributed by atoms with Crippen molar-refractivity contribution in [2.45, 2.75) is 27.2 Å². The monoisotopic (exact) mass is 248 g/mol. The van der Waals surface area contributed by atoms with Gasteiger partial charge >= 0.3 is 0 Å². The zero-order valence-electron chi connectivity index (χ0n) is 11.5. The van der Waals surface area contributed by atoms with Gasteiger partial charge in [-0.15, -0.1) is 0 Å². The maximum atomic E-state index is 4.82. The Balaban J connectivity index is 2.13. The fourth-order valence-corrected chi connectivity index (χ4v) is 3.22. The molecule has 1 aliphatic rings. The summed E-state index contributed by atoms with van der Waals surface area (Å²) in [6.07, 6.45) is 0.963. The van der Waals surface area contributed by atoms with Gasteiger partial charge in [-0.1, -0.05) is 17.7 Å². The van der Waals surface area contributed by atoms with Gasteiger partial charge in [-0.25, -0.2) is 4.98 Å². The first kappa shape index (κ1) is 10.8. The van der Waals surface area contributed by atoms with Crippen LogP contribution < -0.4 is 0 Å². The molecule has 1 aliphatic carbocycles. The molecule has 19 heavy (non-hydrogen) atoms. The molecule has 0 saturated carbocycles. The minimum atomic E-state index is 0.963. The van der Waals surface area contributed by atoms with Gasteiger partial charge in [0.1, 0.15) is 5.65 Å². The van der Waals surface area contributed by atoms with Crippen LogP contribution in [0.4, 0.5) is 0 Å². The van der Waals surface area contributed by atoms with Gasteiger partial charge in [0.25, 0.3) is 0 Å². The van der Waals surface area contributed by atoms with Gasteiger partial charge in [0, 0.05) is 17.7 Å². The fourth-order valence-electron chi connectivity index (χ4n) is 3.22. The Morgan fingerprint density at radius 1 is 1.00 bits per heavy atom. The van der Waals surface area contributed by atoms with Crippen molar-refractivity contribution in [2.24, 2.45) is 0 Å². The average Bonchev–Trinajstić information content (AvgIpc) is 2.84.